The molecule has 1 aromatic carbocycles. The summed E-state index contributed by atoms with van der Waals surface area (Å²) in [6.45, 7) is 6.94. The summed E-state index contributed by atoms with van der Waals surface area (Å²) in [6.07, 6.45) is 0.500. The zero-order chi connectivity index (χ0) is 16.4. The van der Waals surface area contributed by atoms with Crippen molar-refractivity contribution in [1.82, 2.24) is 4.90 Å². The number of amides is 1. The average Bonchev–Trinajstić information content (AvgIpc) is 2.45. The second-order valence-corrected chi connectivity index (χ2v) is 6.76. The number of aliphatic carboxylic acids is 1. The van der Waals surface area contributed by atoms with Crippen molar-refractivity contribution < 1.29 is 14.7 Å². The molecule has 1 amide bonds. The smallest absolute Gasteiger partial charge is 0.306 e. The standard InChI is InChI=1S/C17H22ClNO3/c1-10(2)13-5-4-12(8-15(13)18)16(20)19-7-6-14(17(21)22)11(3)9-19/h4-5,8,10-11,14H,6-7,9H2,1-3H3,(H,21,22). The molecule has 0 bridgehead atoms. The molecule has 1 N–H and O–H groups in total. The van der Waals surface area contributed by atoms with Crippen molar-refractivity contribution in [3.05, 3.63) is 34.3 Å². The van der Waals surface area contributed by atoms with Gasteiger partial charge < -0.3 is 10.0 Å². The van der Waals surface area contributed by atoms with E-state index in [0.717, 1.165) is 5.56 Å². The molecule has 1 aliphatic heterocycles. The summed E-state index contributed by atoms with van der Waals surface area (Å²) in [5.74, 6) is -0.948. The number of nitrogens with zero attached hydrogens (tertiary/aromatic N) is 1. The zero-order valence-electron chi connectivity index (χ0n) is 13.2. The quantitative estimate of drug-likeness (QED) is 0.923. The molecule has 0 aliphatic carbocycles. The van der Waals surface area contributed by atoms with E-state index in [-0.39, 0.29) is 17.7 Å². The van der Waals surface area contributed by atoms with Crippen LogP contribution in [-0.2, 0) is 4.79 Å². The lowest BCUT2D eigenvalue weighted by molar-refractivity contribution is -0.145. The van der Waals surface area contributed by atoms with Gasteiger partial charge >= 0.3 is 5.97 Å². The number of piperidine rings is 1. The summed E-state index contributed by atoms with van der Waals surface area (Å²) in [7, 11) is 0. The summed E-state index contributed by atoms with van der Waals surface area (Å²) in [6, 6.07) is 5.42. The van der Waals surface area contributed by atoms with E-state index in [4.69, 9.17) is 16.7 Å². The highest BCUT2D eigenvalue weighted by atomic mass is 35.5. The molecule has 120 valence electrons. The van der Waals surface area contributed by atoms with Gasteiger partial charge in [0.05, 0.1) is 5.92 Å². The second kappa shape index (κ2) is 6.69. The molecule has 2 rings (SSSR count). The van der Waals surface area contributed by atoms with Crippen molar-refractivity contribution in [2.75, 3.05) is 13.1 Å². The Balaban J connectivity index is 2.13. The number of rotatable bonds is 3. The lowest BCUT2D eigenvalue weighted by atomic mass is 9.86. The lowest BCUT2D eigenvalue weighted by Gasteiger charge is -2.35. The van der Waals surface area contributed by atoms with Crippen molar-refractivity contribution in [3.8, 4) is 0 Å². The van der Waals surface area contributed by atoms with Crippen molar-refractivity contribution in [2.45, 2.75) is 33.1 Å². The number of hydrogen-bond donors (Lipinski definition) is 1. The summed E-state index contributed by atoms with van der Waals surface area (Å²) in [5, 5.41) is 9.75. The molecule has 0 aromatic heterocycles. The third-order valence-corrected chi connectivity index (χ3v) is 4.71. The van der Waals surface area contributed by atoms with Gasteiger partial charge in [-0.05, 0) is 36.0 Å². The zero-order valence-corrected chi connectivity index (χ0v) is 13.9. The minimum absolute atomic E-state index is 0.0411. The second-order valence-electron chi connectivity index (χ2n) is 6.35. The molecule has 1 saturated heterocycles. The topological polar surface area (TPSA) is 57.6 Å². The van der Waals surface area contributed by atoms with E-state index >= 15 is 0 Å². The van der Waals surface area contributed by atoms with E-state index in [1.165, 1.54) is 0 Å². The van der Waals surface area contributed by atoms with Gasteiger partial charge in [-0.3, -0.25) is 9.59 Å². The Labute approximate surface area is 136 Å². The monoisotopic (exact) mass is 323 g/mol. The summed E-state index contributed by atoms with van der Waals surface area (Å²) in [5.41, 5.74) is 1.59. The van der Waals surface area contributed by atoms with Crippen molar-refractivity contribution in [2.24, 2.45) is 11.8 Å². The number of halogens is 1. The summed E-state index contributed by atoms with van der Waals surface area (Å²) in [4.78, 5) is 25.4. The van der Waals surface area contributed by atoms with Crippen molar-refractivity contribution >= 4 is 23.5 Å². The van der Waals surface area contributed by atoms with Crippen LogP contribution in [0.15, 0.2) is 18.2 Å². The van der Waals surface area contributed by atoms with Gasteiger partial charge in [0.1, 0.15) is 0 Å². The molecule has 4 nitrogen and oxygen atoms in total. The molecule has 1 fully saturated rings. The minimum Gasteiger partial charge on any atom is -0.481 e. The molecule has 2 unspecified atom stereocenters. The third kappa shape index (κ3) is 3.43. The average molecular weight is 324 g/mol. The van der Waals surface area contributed by atoms with Gasteiger partial charge in [0.2, 0.25) is 0 Å². The molecular formula is C17H22ClNO3. The van der Waals surface area contributed by atoms with Gasteiger partial charge in [0, 0.05) is 23.7 Å². The Morgan fingerprint density at radius 1 is 1.36 bits per heavy atom. The molecule has 1 heterocycles. The minimum atomic E-state index is -0.774. The van der Waals surface area contributed by atoms with Crippen LogP contribution < -0.4 is 0 Å². The number of carbonyl (C=O) groups excluding carboxylic acids is 1. The van der Waals surface area contributed by atoms with Gasteiger partial charge in [-0.25, -0.2) is 0 Å². The molecule has 0 saturated carbocycles. The highest BCUT2D eigenvalue weighted by Crippen LogP contribution is 2.28. The van der Waals surface area contributed by atoms with Crippen LogP contribution in [-0.4, -0.2) is 35.0 Å². The van der Waals surface area contributed by atoms with Crippen LogP contribution in [0.25, 0.3) is 0 Å². The van der Waals surface area contributed by atoms with Crippen molar-refractivity contribution in [1.29, 1.82) is 0 Å². The Hall–Kier alpha value is -1.55. The van der Waals surface area contributed by atoms with Gasteiger partial charge in [0.15, 0.2) is 0 Å². The Morgan fingerprint density at radius 3 is 2.55 bits per heavy atom. The highest BCUT2D eigenvalue weighted by molar-refractivity contribution is 6.31. The molecule has 1 aromatic rings. The van der Waals surface area contributed by atoms with Crippen LogP contribution in [0, 0.1) is 11.8 Å². The fourth-order valence-electron chi connectivity index (χ4n) is 3.01. The Bertz CT molecular complexity index is 585. The number of carbonyl (C=O) groups is 2. The SMILES string of the molecule is CC(C)c1ccc(C(=O)N2CCC(C(=O)O)C(C)C2)cc1Cl. The highest BCUT2D eigenvalue weighted by Gasteiger charge is 2.33. The fourth-order valence-corrected chi connectivity index (χ4v) is 3.41. The molecule has 5 heteroatoms. The van der Waals surface area contributed by atoms with Crippen LogP contribution in [0.2, 0.25) is 5.02 Å². The van der Waals surface area contributed by atoms with Crippen molar-refractivity contribution in [3.63, 3.8) is 0 Å². The normalized spacial score (nSPS) is 22.0. The van der Waals surface area contributed by atoms with Crippen LogP contribution in [0.5, 0.6) is 0 Å². The number of carboxylic acids is 1. The first kappa shape index (κ1) is 16.8. The van der Waals surface area contributed by atoms with Gasteiger partial charge in [-0.2, -0.15) is 0 Å². The molecule has 2 atom stereocenters. The maximum Gasteiger partial charge on any atom is 0.306 e. The van der Waals surface area contributed by atoms with Gasteiger partial charge in [-0.1, -0.05) is 38.4 Å². The third-order valence-electron chi connectivity index (χ3n) is 4.38. The number of hydrogen-bond acceptors (Lipinski definition) is 2. The first-order valence-corrected chi connectivity index (χ1v) is 8.00. The van der Waals surface area contributed by atoms with Crippen LogP contribution >= 0.6 is 11.6 Å². The Kier molecular flexibility index (Phi) is 5.12. The van der Waals surface area contributed by atoms with E-state index in [9.17, 15) is 9.59 Å². The number of carboxylic acid groups (broad SMARTS) is 1. The van der Waals surface area contributed by atoms with Crippen LogP contribution in [0.4, 0.5) is 0 Å². The molecule has 0 spiro atoms. The number of likely N-dealkylation sites (tertiary alicyclic amines) is 1. The van der Waals surface area contributed by atoms with Gasteiger partial charge in [0.25, 0.3) is 5.91 Å². The first-order valence-electron chi connectivity index (χ1n) is 7.62. The molecule has 22 heavy (non-hydrogen) atoms. The molecule has 0 radical (unpaired) electrons. The maximum absolute atomic E-state index is 12.6. The van der Waals surface area contributed by atoms with Crippen LogP contribution in [0.3, 0.4) is 0 Å². The predicted molar refractivity (Wildman–Crippen MR) is 86.4 cm³/mol. The van der Waals surface area contributed by atoms with E-state index in [1.54, 1.807) is 17.0 Å². The molecule has 1 aliphatic rings. The van der Waals surface area contributed by atoms with E-state index < -0.39 is 5.97 Å². The van der Waals surface area contributed by atoms with Gasteiger partial charge in [-0.15, -0.1) is 0 Å². The van der Waals surface area contributed by atoms with Crippen LogP contribution in [0.1, 0.15) is 49.0 Å². The maximum atomic E-state index is 12.6. The molecular weight excluding hydrogens is 302 g/mol. The van der Waals surface area contributed by atoms with E-state index in [1.807, 2.05) is 13.0 Å². The Morgan fingerprint density at radius 2 is 2.05 bits per heavy atom. The fraction of sp³-hybridized carbons (Fsp3) is 0.529. The van der Waals surface area contributed by atoms with E-state index in [0.29, 0.717) is 36.0 Å². The number of benzene rings is 1. The first-order chi connectivity index (χ1) is 10.3. The summed E-state index contributed by atoms with van der Waals surface area (Å²) < 4.78 is 0. The largest absolute Gasteiger partial charge is 0.481 e. The summed E-state index contributed by atoms with van der Waals surface area (Å²) >= 11 is 6.25. The lowest BCUT2D eigenvalue weighted by Crippen LogP contribution is -2.45. The predicted octanol–water partition coefficient (Wildman–Crippen LogP) is 3.65. The van der Waals surface area contributed by atoms with E-state index in [2.05, 4.69) is 13.8 Å².